The molecular weight excluding hydrogens is 224 g/mol. The minimum absolute atomic E-state index is 0.795. The monoisotopic (exact) mass is 234 g/mol. The Morgan fingerprint density at radius 2 is 1.60 bits per heavy atom. The number of rotatable bonds is 3. The van der Waals surface area contributed by atoms with Crippen molar-refractivity contribution in [3.8, 4) is 0 Å². The summed E-state index contributed by atoms with van der Waals surface area (Å²) in [6, 6.07) is 10.2. The zero-order chi connectivity index (χ0) is 10.5. The van der Waals surface area contributed by atoms with Gasteiger partial charge in [0.2, 0.25) is 0 Å². The first-order valence-corrected chi connectivity index (χ1v) is 6.68. The normalized spacial score (nSPS) is 10.2. The van der Waals surface area contributed by atoms with Gasteiger partial charge in [-0.1, -0.05) is 17.7 Å². The molecule has 0 saturated heterocycles. The Morgan fingerprint density at radius 1 is 0.933 bits per heavy atom. The lowest BCUT2D eigenvalue weighted by molar-refractivity contribution is 0.973. The van der Waals surface area contributed by atoms with E-state index in [0.29, 0.717) is 0 Å². The van der Waals surface area contributed by atoms with Gasteiger partial charge in [-0.05, 0) is 46.7 Å². The summed E-state index contributed by atoms with van der Waals surface area (Å²) in [6.07, 6.45) is 3.51. The molecule has 2 nitrogen and oxygen atoms in total. The average Bonchev–Trinajstić information content (AvgIpc) is 2.30. The van der Waals surface area contributed by atoms with E-state index in [1.807, 2.05) is 6.07 Å². The highest BCUT2D eigenvalue weighted by molar-refractivity contribution is 8.76. The van der Waals surface area contributed by atoms with Crippen LogP contribution in [-0.2, 0) is 0 Å². The maximum absolute atomic E-state index is 4.14. The third kappa shape index (κ3) is 3.25. The highest BCUT2D eigenvalue weighted by atomic mass is 33.1. The standard InChI is InChI=1S/C11H10N2S2/c1-9-3-5-10(6-4-9)14-15-11-12-7-2-8-13-11/h2-8H,1H3. The van der Waals surface area contributed by atoms with Crippen molar-refractivity contribution in [3.05, 3.63) is 48.3 Å². The van der Waals surface area contributed by atoms with Crippen LogP contribution in [0.5, 0.6) is 0 Å². The Labute approximate surface area is 96.9 Å². The van der Waals surface area contributed by atoms with Gasteiger partial charge in [0.05, 0.1) is 0 Å². The van der Waals surface area contributed by atoms with Gasteiger partial charge >= 0.3 is 0 Å². The van der Waals surface area contributed by atoms with Gasteiger partial charge in [0.25, 0.3) is 0 Å². The van der Waals surface area contributed by atoms with E-state index in [2.05, 4.69) is 41.2 Å². The molecule has 1 heterocycles. The molecule has 2 aromatic rings. The van der Waals surface area contributed by atoms with Crippen LogP contribution in [0.3, 0.4) is 0 Å². The van der Waals surface area contributed by atoms with Gasteiger partial charge in [-0.2, -0.15) is 0 Å². The molecule has 0 saturated carbocycles. The van der Waals surface area contributed by atoms with Crippen LogP contribution >= 0.6 is 21.6 Å². The summed E-state index contributed by atoms with van der Waals surface area (Å²) < 4.78 is 0. The molecule has 76 valence electrons. The number of aromatic nitrogens is 2. The molecule has 0 radical (unpaired) electrons. The first-order valence-electron chi connectivity index (χ1n) is 4.53. The highest BCUT2D eigenvalue weighted by Crippen LogP contribution is 2.34. The highest BCUT2D eigenvalue weighted by Gasteiger charge is 1.98. The Kier molecular flexibility index (Phi) is 3.64. The quantitative estimate of drug-likeness (QED) is 0.599. The molecule has 0 amide bonds. The van der Waals surface area contributed by atoms with Crippen molar-refractivity contribution in [1.29, 1.82) is 0 Å². The van der Waals surface area contributed by atoms with Crippen molar-refractivity contribution in [2.24, 2.45) is 0 Å². The van der Waals surface area contributed by atoms with Gasteiger partial charge in [0, 0.05) is 17.3 Å². The number of benzene rings is 1. The van der Waals surface area contributed by atoms with E-state index in [-0.39, 0.29) is 0 Å². The fourth-order valence-corrected chi connectivity index (χ4v) is 2.74. The second-order valence-electron chi connectivity index (χ2n) is 3.01. The van der Waals surface area contributed by atoms with Crippen LogP contribution in [0.15, 0.2) is 52.8 Å². The Balaban J connectivity index is 1.96. The maximum atomic E-state index is 4.14. The van der Waals surface area contributed by atoms with Crippen LogP contribution < -0.4 is 0 Å². The predicted molar refractivity (Wildman–Crippen MR) is 64.9 cm³/mol. The van der Waals surface area contributed by atoms with Crippen molar-refractivity contribution < 1.29 is 0 Å². The number of aryl methyl sites for hydroxylation is 1. The van der Waals surface area contributed by atoms with Crippen molar-refractivity contribution in [1.82, 2.24) is 9.97 Å². The molecule has 0 aliphatic rings. The van der Waals surface area contributed by atoms with Gasteiger partial charge in [0.15, 0.2) is 5.16 Å². The molecule has 0 atom stereocenters. The molecular formula is C11H10N2S2. The Morgan fingerprint density at radius 3 is 2.27 bits per heavy atom. The fourth-order valence-electron chi connectivity index (χ4n) is 1.01. The molecule has 0 N–H and O–H groups in total. The summed E-state index contributed by atoms with van der Waals surface area (Å²) in [6.45, 7) is 2.09. The van der Waals surface area contributed by atoms with Crippen LogP contribution in [-0.4, -0.2) is 9.97 Å². The lowest BCUT2D eigenvalue weighted by Crippen LogP contribution is -1.79. The van der Waals surface area contributed by atoms with Gasteiger partial charge in [-0.25, -0.2) is 9.97 Å². The van der Waals surface area contributed by atoms with Gasteiger partial charge < -0.3 is 0 Å². The number of hydrogen-bond donors (Lipinski definition) is 0. The minimum Gasteiger partial charge on any atom is -0.230 e. The second-order valence-corrected chi connectivity index (χ2v) is 5.18. The molecule has 1 aromatic heterocycles. The van der Waals surface area contributed by atoms with Gasteiger partial charge in [-0.15, -0.1) is 0 Å². The second kappa shape index (κ2) is 5.19. The van der Waals surface area contributed by atoms with E-state index in [9.17, 15) is 0 Å². The molecule has 1 aromatic carbocycles. The van der Waals surface area contributed by atoms with E-state index in [1.165, 1.54) is 10.5 Å². The van der Waals surface area contributed by atoms with Crippen LogP contribution in [0.1, 0.15) is 5.56 Å². The summed E-state index contributed by atoms with van der Waals surface area (Å²) in [4.78, 5) is 9.51. The Bertz CT molecular complexity index is 414. The van der Waals surface area contributed by atoms with Crippen molar-refractivity contribution in [2.45, 2.75) is 17.0 Å². The third-order valence-electron chi connectivity index (χ3n) is 1.78. The zero-order valence-corrected chi connectivity index (χ0v) is 9.89. The first kappa shape index (κ1) is 10.5. The molecule has 2 rings (SSSR count). The minimum atomic E-state index is 0.795. The molecule has 0 spiro atoms. The van der Waals surface area contributed by atoms with E-state index >= 15 is 0 Å². The summed E-state index contributed by atoms with van der Waals surface area (Å²) in [5.41, 5.74) is 1.28. The SMILES string of the molecule is Cc1ccc(SSc2ncccn2)cc1. The van der Waals surface area contributed by atoms with E-state index < -0.39 is 0 Å². The van der Waals surface area contributed by atoms with Crippen LogP contribution in [0.2, 0.25) is 0 Å². The van der Waals surface area contributed by atoms with Crippen molar-refractivity contribution in [3.63, 3.8) is 0 Å². The van der Waals surface area contributed by atoms with Crippen LogP contribution in [0.25, 0.3) is 0 Å². The summed E-state index contributed by atoms with van der Waals surface area (Å²) in [7, 11) is 3.25. The first-order chi connectivity index (χ1) is 7.34. The molecule has 0 fully saturated rings. The average molecular weight is 234 g/mol. The molecule has 0 unspecified atom stereocenters. The van der Waals surface area contributed by atoms with Crippen LogP contribution in [0.4, 0.5) is 0 Å². The van der Waals surface area contributed by atoms with E-state index in [0.717, 1.165) is 5.16 Å². The van der Waals surface area contributed by atoms with Crippen molar-refractivity contribution >= 4 is 21.6 Å². The summed E-state index contributed by atoms with van der Waals surface area (Å²) in [5, 5.41) is 0.795. The predicted octanol–water partition coefficient (Wildman–Crippen LogP) is 3.58. The lowest BCUT2D eigenvalue weighted by atomic mass is 10.2. The Hall–Kier alpha value is -1.00. The van der Waals surface area contributed by atoms with Crippen molar-refractivity contribution in [2.75, 3.05) is 0 Å². The lowest BCUT2D eigenvalue weighted by Gasteiger charge is -1.99. The van der Waals surface area contributed by atoms with E-state index in [4.69, 9.17) is 0 Å². The molecule has 0 aliphatic carbocycles. The van der Waals surface area contributed by atoms with E-state index in [1.54, 1.807) is 34.0 Å². The smallest absolute Gasteiger partial charge is 0.198 e. The molecule has 0 bridgehead atoms. The summed E-state index contributed by atoms with van der Waals surface area (Å²) in [5.74, 6) is 0. The molecule has 15 heavy (non-hydrogen) atoms. The number of nitrogens with zero attached hydrogens (tertiary/aromatic N) is 2. The molecule has 4 heteroatoms. The topological polar surface area (TPSA) is 25.8 Å². The number of hydrogen-bond acceptors (Lipinski definition) is 4. The summed E-state index contributed by atoms with van der Waals surface area (Å²) >= 11 is 0. The molecule has 0 aliphatic heterocycles. The largest absolute Gasteiger partial charge is 0.230 e. The van der Waals surface area contributed by atoms with Gasteiger partial charge in [0.1, 0.15) is 0 Å². The van der Waals surface area contributed by atoms with Crippen LogP contribution in [0, 0.1) is 6.92 Å². The third-order valence-corrected chi connectivity index (χ3v) is 3.96. The fraction of sp³-hybridized carbons (Fsp3) is 0.0909. The zero-order valence-electron chi connectivity index (χ0n) is 8.25. The van der Waals surface area contributed by atoms with Gasteiger partial charge in [-0.3, -0.25) is 0 Å². The maximum Gasteiger partial charge on any atom is 0.198 e.